The first-order chi connectivity index (χ1) is 53.4. The summed E-state index contributed by atoms with van der Waals surface area (Å²) in [6.07, 6.45) is 0. The molecule has 0 amide bonds. The second-order valence-corrected chi connectivity index (χ2v) is 42.0. The maximum atomic E-state index is 6.41. The number of nitrogens with zero attached hydrogens (tertiary/aromatic N) is 3. The van der Waals surface area contributed by atoms with Gasteiger partial charge in [0, 0.05) is 20.3 Å². The molecule has 522 valence electrons. The molecule has 16 aromatic rings. The molecular formula is C99H77BIN3O2Si3. The van der Waals surface area contributed by atoms with Gasteiger partial charge in [0.1, 0.15) is 0 Å². The largest absolute Gasteiger partial charge is 0.494 e. The smallest absolute Gasteiger partial charge is 0.399 e. The van der Waals surface area contributed by atoms with Crippen molar-refractivity contribution in [1.29, 1.82) is 0 Å². The van der Waals surface area contributed by atoms with Crippen molar-refractivity contribution in [2.24, 2.45) is 0 Å². The number of hydrogen-bond donors (Lipinski definition) is 0. The lowest BCUT2D eigenvalue weighted by atomic mass is 9.78. The van der Waals surface area contributed by atoms with Crippen molar-refractivity contribution in [1.82, 2.24) is 15.0 Å². The van der Waals surface area contributed by atoms with Gasteiger partial charge in [-0.3, -0.25) is 0 Å². The summed E-state index contributed by atoms with van der Waals surface area (Å²) in [5, 5.41) is 17.2. The Hall–Kier alpha value is -11.3. The van der Waals surface area contributed by atoms with Crippen LogP contribution in [0.4, 0.5) is 0 Å². The van der Waals surface area contributed by atoms with Crippen LogP contribution in [0.1, 0.15) is 27.7 Å². The Morgan fingerprint density at radius 1 is 0.239 bits per heavy atom. The fourth-order valence-corrected chi connectivity index (χ4v) is 33.4. The number of aromatic nitrogens is 3. The highest BCUT2D eigenvalue weighted by molar-refractivity contribution is 14.1. The van der Waals surface area contributed by atoms with E-state index in [1.165, 1.54) is 105 Å². The highest BCUT2D eigenvalue weighted by Gasteiger charge is 2.54. The summed E-state index contributed by atoms with van der Waals surface area (Å²) in [4.78, 5) is 15.2. The van der Waals surface area contributed by atoms with Crippen LogP contribution in [0, 0.1) is 3.57 Å². The van der Waals surface area contributed by atoms with Gasteiger partial charge in [-0.15, -0.1) is 0 Å². The molecule has 0 spiro atoms. The molecule has 0 atom stereocenters. The van der Waals surface area contributed by atoms with Gasteiger partial charge in [-0.25, -0.2) is 15.0 Å². The average molecular weight is 1560 g/mol. The van der Waals surface area contributed by atoms with Crippen LogP contribution >= 0.6 is 22.6 Å². The van der Waals surface area contributed by atoms with E-state index in [1.54, 1.807) is 0 Å². The van der Waals surface area contributed by atoms with Crippen LogP contribution in [0.5, 0.6) is 0 Å². The van der Waals surface area contributed by atoms with E-state index in [9.17, 15) is 0 Å². The summed E-state index contributed by atoms with van der Waals surface area (Å²) in [6, 6.07) is 143. The van der Waals surface area contributed by atoms with E-state index < -0.39 is 24.2 Å². The molecule has 0 N–H and O–H groups in total. The molecule has 0 bridgehead atoms. The van der Waals surface area contributed by atoms with Crippen molar-refractivity contribution >= 4 is 122 Å². The fourth-order valence-electron chi connectivity index (χ4n) is 17.4. The summed E-state index contributed by atoms with van der Waals surface area (Å²) >= 11 is 2.43. The van der Waals surface area contributed by atoms with E-state index in [1.807, 2.05) is 24.3 Å². The minimum absolute atomic E-state index is 0.360. The molecule has 5 heterocycles. The highest BCUT2D eigenvalue weighted by atomic mass is 127. The van der Waals surface area contributed by atoms with Gasteiger partial charge in [0.05, 0.1) is 11.2 Å². The highest BCUT2D eigenvalue weighted by Crippen LogP contribution is 2.39. The second-order valence-electron chi connectivity index (χ2n) is 29.5. The zero-order chi connectivity index (χ0) is 73.7. The van der Waals surface area contributed by atoms with Crippen molar-refractivity contribution in [2.75, 3.05) is 0 Å². The third-order valence-electron chi connectivity index (χ3n) is 23.1. The van der Waals surface area contributed by atoms with Crippen molar-refractivity contribution in [2.45, 2.75) is 38.9 Å². The Kier molecular flexibility index (Phi) is 18.3. The Labute approximate surface area is 656 Å². The van der Waals surface area contributed by atoms with Crippen LogP contribution < -0.4 is 67.7 Å². The van der Waals surface area contributed by atoms with Gasteiger partial charge in [0.2, 0.25) is 0 Å². The molecule has 0 radical (unpaired) electrons. The zero-order valence-electron chi connectivity index (χ0n) is 61.1. The molecule has 5 nitrogen and oxygen atoms in total. The number of halogens is 1. The van der Waals surface area contributed by atoms with Gasteiger partial charge < -0.3 is 9.31 Å². The molecule has 15 aromatic carbocycles. The predicted octanol–water partition coefficient (Wildman–Crippen LogP) is 14.9. The third-order valence-corrected chi connectivity index (χ3v) is 38.4. The Morgan fingerprint density at radius 2 is 0.495 bits per heavy atom. The van der Waals surface area contributed by atoms with E-state index in [4.69, 9.17) is 24.3 Å². The van der Waals surface area contributed by atoms with Gasteiger partial charge in [0.25, 0.3) is 0 Å². The normalized spacial score (nSPS) is 14.9. The zero-order valence-corrected chi connectivity index (χ0v) is 66.3. The molecule has 1 aromatic heterocycles. The van der Waals surface area contributed by atoms with Crippen LogP contribution in [0.3, 0.4) is 0 Å². The lowest BCUT2D eigenvalue weighted by Gasteiger charge is -2.32. The third kappa shape index (κ3) is 11.9. The number of rotatable bonds is 11. The second kappa shape index (κ2) is 28.7. The Morgan fingerprint density at radius 3 is 0.881 bits per heavy atom. The first kappa shape index (κ1) is 69.4. The van der Waals surface area contributed by atoms with Crippen LogP contribution in [0.15, 0.2) is 394 Å². The van der Waals surface area contributed by atoms with E-state index in [-0.39, 0.29) is 18.3 Å². The molecule has 4 aliphatic heterocycles. The van der Waals surface area contributed by atoms with Crippen molar-refractivity contribution in [3.8, 4) is 78.7 Å². The van der Waals surface area contributed by atoms with Crippen LogP contribution in [-0.2, 0) is 9.31 Å². The van der Waals surface area contributed by atoms with E-state index >= 15 is 0 Å². The quantitative estimate of drug-likeness (QED) is 0.0954. The maximum absolute atomic E-state index is 6.41. The van der Waals surface area contributed by atoms with Gasteiger partial charge in [0.15, 0.2) is 41.7 Å². The maximum Gasteiger partial charge on any atom is 0.494 e. The summed E-state index contributed by atoms with van der Waals surface area (Å²) in [5.41, 5.74) is 13.6. The van der Waals surface area contributed by atoms with E-state index in [2.05, 4.69) is 420 Å². The minimum atomic E-state index is -2.56. The molecular weight excluding hydrogens is 1490 g/mol. The predicted molar refractivity (Wildman–Crippen MR) is 471 cm³/mol. The molecule has 109 heavy (non-hydrogen) atoms. The summed E-state index contributed by atoms with van der Waals surface area (Å²) in [6.45, 7) is 8.44. The average Bonchev–Trinajstić information content (AvgIpc) is 1.56. The van der Waals surface area contributed by atoms with Gasteiger partial charge >= 0.3 is 7.12 Å². The summed E-state index contributed by atoms with van der Waals surface area (Å²) in [7, 11) is -7.61. The molecule has 1 fully saturated rings. The van der Waals surface area contributed by atoms with Crippen molar-refractivity contribution in [3.05, 3.63) is 398 Å². The molecule has 4 aliphatic rings. The lowest BCUT2D eigenvalue weighted by Crippen LogP contribution is -2.72. The monoisotopic (exact) mass is 1560 g/mol. The lowest BCUT2D eigenvalue weighted by molar-refractivity contribution is 0.00578. The van der Waals surface area contributed by atoms with Crippen LogP contribution in [0.2, 0.25) is 0 Å². The summed E-state index contributed by atoms with van der Waals surface area (Å²) < 4.78 is 14.1. The molecule has 1 saturated heterocycles. The van der Waals surface area contributed by atoms with E-state index in [0.29, 0.717) is 17.5 Å². The Balaban J connectivity index is 0.000000121. The van der Waals surface area contributed by atoms with Crippen LogP contribution in [0.25, 0.3) is 78.7 Å². The van der Waals surface area contributed by atoms with Gasteiger partial charge in [-0.05, 0) is 181 Å². The molecule has 0 aliphatic carbocycles. The number of fused-ring (bicyclic) bond motifs is 9. The first-order valence-electron chi connectivity index (χ1n) is 37.5. The molecule has 10 heteroatoms. The topological polar surface area (TPSA) is 57.1 Å². The van der Waals surface area contributed by atoms with Gasteiger partial charge in [-0.1, -0.05) is 376 Å². The molecule has 0 unspecified atom stereocenters. The van der Waals surface area contributed by atoms with E-state index in [0.717, 1.165) is 27.7 Å². The minimum Gasteiger partial charge on any atom is -0.399 e. The SMILES string of the molecule is CC1(C)OB(c2ccc3c(c2)-c2ccccc2[Si]3(c2ccccc2)c2ccccc2)OC1(C)C.Ic1ccc2c(c1)-c1ccccc1[Si]2(c1ccccc1)c1ccccc1.c1ccc(-c2ccc(-c3nc(-c4ccccc4)nc(-c4ccc5c(c4)-c4ccccc4[Si]5(c4ccccc4)c4ccccc4)n3)cc2)cc1. The molecule has 20 rings (SSSR count). The van der Waals surface area contributed by atoms with Gasteiger partial charge in [-0.2, -0.15) is 0 Å². The summed E-state index contributed by atoms with van der Waals surface area (Å²) in [5.74, 6) is 1.97. The first-order valence-corrected chi connectivity index (χ1v) is 44.6. The van der Waals surface area contributed by atoms with Crippen LogP contribution in [-0.4, -0.2) is 57.5 Å². The standard InChI is InChI=1S/C45H31N3Si.C30H29BO2Si.C24H17ISi/c1-5-15-32(16-6-1)33-25-27-35(28-26-33)44-46-43(34-17-7-2-8-18-34)47-45(48-44)36-29-30-42-40(31-36)39-23-13-14-24-41(39)49(42,37-19-9-3-10-20-37)38-21-11-4-12-22-38;1-29(2)30(3,4)33-31(32-29)22-19-20-28-26(21-22)25-17-11-12-18-27(25)34(28,23-13-7-5-8-14-23)24-15-9-6-10-16-24;25-18-15-16-24-22(17-18)21-13-7-8-14-23(21)26(24,19-9-3-1-4-10-19)20-11-5-2-6-12-20/h1-31H;5-21H,1-4H3;1-17H. The fraction of sp³-hybridized carbons (Fsp3) is 0.0606. The van der Waals surface area contributed by atoms with Crippen molar-refractivity contribution in [3.63, 3.8) is 0 Å². The van der Waals surface area contributed by atoms with Crippen molar-refractivity contribution < 1.29 is 9.31 Å². The number of benzene rings is 15. The molecule has 0 saturated carbocycles. The number of hydrogen-bond acceptors (Lipinski definition) is 5. The Bertz CT molecular complexity index is 5870.